The number of allylic oxidation sites excluding steroid dienone is 5. The largest absolute Gasteiger partial charge is 0.449 e. The fourth-order valence-electron chi connectivity index (χ4n) is 17.5. The Bertz CT molecular complexity index is 2560. The predicted molar refractivity (Wildman–Crippen MR) is 238 cm³/mol. The van der Waals surface area contributed by atoms with Gasteiger partial charge < -0.3 is 20.1 Å². The highest BCUT2D eigenvalue weighted by atomic mass is 16.6. The monoisotopic (exact) mass is 827 g/mol. The molecule has 320 valence electrons. The van der Waals surface area contributed by atoms with Crippen molar-refractivity contribution in [2.24, 2.45) is 58.0 Å². The van der Waals surface area contributed by atoms with Gasteiger partial charge in [0, 0.05) is 54.8 Å². The molecule has 0 aromatic heterocycles. The van der Waals surface area contributed by atoms with E-state index < -0.39 is 16.4 Å². The summed E-state index contributed by atoms with van der Waals surface area (Å²) in [4.78, 5) is 36.8. The molecule has 13 atom stereocenters. The number of piperidine rings is 2. The van der Waals surface area contributed by atoms with Crippen molar-refractivity contribution in [3.05, 3.63) is 122 Å². The van der Waals surface area contributed by atoms with Crippen molar-refractivity contribution in [2.75, 3.05) is 26.2 Å². The first-order valence-electron chi connectivity index (χ1n) is 24.7. The lowest BCUT2D eigenvalue weighted by Gasteiger charge is -2.71. The van der Waals surface area contributed by atoms with Gasteiger partial charge in [0.2, 0.25) is 0 Å². The zero-order valence-corrected chi connectivity index (χ0v) is 36.6. The summed E-state index contributed by atoms with van der Waals surface area (Å²) in [6.45, 7) is 8.94. The highest BCUT2D eigenvalue weighted by Gasteiger charge is 2.93. The first-order valence-corrected chi connectivity index (χ1v) is 24.7. The van der Waals surface area contributed by atoms with E-state index in [1.165, 1.54) is 59.1 Å². The molecule has 2 aromatic rings. The van der Waals surface area contributed by atoms with Crippen LogP contribution in [0.4, 0.5) is 0 Å². The molecule has 2 aromatic carbocycles. The molecular formula is C55H61N3O4. The van der Waals surface area contributed by atoms with Gasteiger partial charge in [-0.15, -0.1) is 0 Å². The minimum absolute atomic E-state index is 0.0956. The first-order chi connectivity index (χ1) is 30.3. The number of nitrogens with two attached hydrogens (primary N) is 1. The number of ether oxygens (including phenoxy) is 2. The Hall–Kier alpha value is -4.20. The zero-order chi connectivity index (χ0) is 41.4. The second kappa shape index (κ2) is 12.7. The quantitative estimate of drug-likeness (QED) is 0.310. The topological polar surface area (TPSA) is 85.1 Å². The molecule has 7 heteroatoms. The zero-order valence-electron chi connectivity index (χ0n) is 36.6. The van der Waals surface area contributed by atoms with E-state index >= 15 is 4.79 Å². The van der Waals surface area contributed by atoms with Gasteiger partial charge in [-0.3, -0.25) is 9.69 Å². The van der Waals surface area contributed by atoms with Crippen LogP contribution in [0.1, 0.15) is 116 Å². The summed E-state index contributed by atoms with van der Waals surface area (Å²) in [6, 6.07) is 14.4. The lowest BCUT2D eigenvalue weighted by molar-refractivity contribution is -0.277. The van der Waals surface area contributed by atoms with Crippen molar-refractivity contribution >= 4 is 18.0 Å². The molecule has 62 heavy (non-hydrogen) atoms. The molecule has 3 saturated heterocycles. The summed E-state index contributed by atoms with van der Waals surface area (Å²) >= 11 is 0. The molecule has 0 amide bonds. The molecule has 4 fully saturated rings. The highest BCUT2D eigenvalue weighted by molar-refractivity contribution is 6.00. The van der Waals surface area contributed by atoms with Crippen LogP contribution in [0.15, 0.2) is 88.4 Å². The van der Waals surface area contributed by atoms with Gasteiger partial charge in [0.15, 0.2) is 5.60 Å². The Kier molecular flexibility index (Phi) is 7.65. The second-order valence-electron chi connectivity index (χ2n) is 22.1. The second-order valence-corrected chi connectivity index (χ2v) is 22.1. The lowest BCUT2D eigenvalue weighted by atomic mass is 9.28. The predicted octanol–water partition coefficient (Wildman–Crippen LogP) is 8.97. The van der Waals surface area contributed by atoms with E-state index in [9.17, 15) is 4.79 Å². The molecule has 1 unspecified atom stereocenters. The molecule has 17 rings (SSSR count). The number of carbonyl (C=O) groups excluding carboxylic acids is 2. The molecule has 15 aliphatic rings. The molecule has 7 nitrogen and oxygen atoms in total. The van der Waals surface area contributed by atoms with Crippen LogP contribution in [-0.4, -0.2) is 60.0 Å². The SMILES string of the molecule is C[C@H]1CC2=C3[C@@H]4C5=C6C=C(Cc7cccc8c7C=C[C@H](CC8)C[C@H]7[C@]68C(=O)O/C(=C/C[C@H](C)N6C[C@H]9C[C@@H](C6)[C@H](CC2)N3C9)[C@@]8(CC5)[C@]72OC(=O)c3c(CCCN)cccc32)[C@@H]41. The average molecular weight is 828 g/mol. The van der Waals surface area contributed by atoms with Gasteiger partial charge >= 0.3 is 11.9 Å². The average Bonchev–Trinajstić information content (AvgIpc) is 3.60. The minimum Gasteiger partial charge on any atom is -0.449 e. The summed E-state index contributed by atoms with van der Waals surface area (Å²) in [5, 5.41) is 0. The molecule has 9 heterocycles. The van der Waals surface area contributed by atoms with Crippen molar-refractivity contribution in [3.8, 4) is 0 Å². The van der Waals surface area contributed by atoms with Gasteiger partial charge in [0.05, 0.1) is 11.0 Å². The number of carbonyl (C=O) groups is 2. The van der Waals surface area contributed by atoms with Gasteiger partial charge in [-0.1, -0.05) is 78.3 Å². The van der Waals surface area contributed by atoms with Crippen LogP contribution in [0.2, 0.25) is 0 Å². The molecule has 0 radical (unpaired) electrons. The van der Waals surface area contributed by atoms with Crippen molar-refractivity contribution in [1.29, 1.82) is 0 Å². The summed E-state index contributed by atoms with van der Waals surface area (Å²) in [6.07, 6.45) is 22.4. The van der Waals surface area contributed by atoms with E-state index in [-0.39, 0.29) is 29.7 Å². The van der Waals surface area contributed by atoms with Crippen LogP contribution in [-0.2, 0) is 39.1 Å². The number of aryl methyl sites for hydroxylation is 2. The summed E-state index contributed by atoms with van der Waals surface area (Å²) < 4.78 is 14.4. The number of esters is 2. The fraction of sp³-hybridized carbons (Fsp3) is 0.564. The van der Waals surface area contributed by atoms with Gasteiger partial charge in [-0.2, -0.15) is 0 Å². The summed E-state index contributed by atoms with van der Waals surface area (Å²) in [5.41, 5.74) is 17.9. The van der Waals surface area contributed by atoms with E-state index in [4.69, 9.17) is 15.2 Å². The van der Waals surface area contributed by atoms with Crippen LogP contribution >= 0.6 is 0 Å². The number of hydrogen-bond acceptors (Lipinski definition) is 7. The lowest BCUT2D eigenvalue weighted by Crippen LogP contribution is -2.77. The number of rotatable bonds is 3. The highest BCUT2D eigenvalue weighted by Crippen LogP contribution is 2.87. The molecular weight excluding hydrogens is 767 g/mol. The van der Waals surface area contributed by atoms with Crippen LogP contribution in [0.3, 0.4) is 0 Å². The van der Waals surface area contributed by atoms with E-state index in [1.54, 1.807) is 11.3 Å². The standard InChI is InChI=1S/C55H61N3O4/c1-30-22-37-15-17-44-39-23-33-27-57(29-39)31(2)11-18-46-53-20-19-41-43-26-38(47(30)49(41)50(37)58(44)28-33)25-36-8-3-6-34-14-12-32(13-16-40(34)36)24-45(54(43,53)52(60)61-46)55(53)42-10-4-7-35(9-5-21-56)48(42)51(59)62-55/h3-4,6-8,10,13,16,18,26,30-33,39,44-45,47,49H,5,9,11-12,14-15,17,19-25,27-29,56H2,1-2H3/b46-18+/t30-,31-,32-,33+,39-,44-,45-,47-,49+,53+,54-,55+/m0/s1. The van der Waals surface area contributed by atoms with Gasteiger partial charge in [-0.05, 0) is 160 Å². The maximum absolute atomic E-state index is 16.1. The maximum Gasteiger partial charge on any atom is 0.339 e. The third-order valence-electron chi connectivity index (χ3n) is 19.7. The third kappa shape index (κ3) is 4.33. The molecule has 15 bridgehead atoms. The Morgan fingerprint density at radius 1 is 0.968 bits per heavy atom. The maximum atomic E-state index is 16.1. The summed E-state index contributed by atoms with van der Waals surface area (Å²) in [5.74, 6) is 2.84. The molecule has 3 spiro atoms. The molecule has 6 aliphatic carbocycles. The Balaban J connectivity index is 1.09. The van der Waals surface area contributed by atoms with Crippen molar-refractivity contribution in [1.82, 2.24) is 9.80 Å². The van der Waals surface area contributed by atoms with Crippen molar-refractivity contribution in [3.63, 3.8) is 0 Å². The Morgan fingerprint density at radius 3 is 2.76 bits per heavy atom. The molecule has 2 N–H and O–H groups in total. The number of nitrogens with zero attached hydrogens (tertiary/aromatic N) is 2. The van der Waals surface area contributed by atoms with Crippen LogP contribution in [0.25, 0.3) is 6.08 Å². The smallest absolute Gasteiger partial charge is 0.339 e. The van der Waals surface area contributed by atoms with E-state index in [0.717, 1.165) is 99.9 Å². The van der Waals surface area contributed by atoms with Gasteiger partial charge in [-0.25, -0.2) is 4.79 Å². The normalized spacial score (nSPS) is 43.0. The van der Waals surface area contributed by atoms with E-state index in [0.29, 0.717) is 42.3 Å². The van der Waals surface area contributed by atoms with Gasteiger partial charge in [0.25, 0.3) is 0 Å². The van der Waals surface area contributed by atoms with Crippen molar-refractivity contribution < 1.29 is 19.1 Å². The van der Waals surface area contributed by atoms with Crippen LogP contribution in [0, 0.1) is 52.3 Å². The number of benzene rings is 2. The summed E-state index contributed by atoms with van der Waals surface area (Å²) in [7, 11) is 0. The first kappa shape index (κ1) is 37.2. The number of hydrogen-bond donors (Lipinski definition) is 1. The van der Waals surface area contributed by atoms with Crippen molar-refractivity contribution in [2.45, 2.75) is 115 Å². The fourth-order valence-corrected chi connectivity index (χ4v) is 17.5. The van der Waals surface area contributed by atoms with Crippen LogP contribution in [0.5, 0.6) is 0 Å². The molecule has 1 saturated carbocycles. The van der Waals surface area contributed by atoms with Crippen LogP contribution < -0.4 is 5.73 Å². The minimum atomic E-state index is -1.03. The van der Waals surface area contributed by atoms with E-state index in [2.05, 4.69) is 84.3 Å². The Morgan fingerprint density at radius 2 is 1.85 bits per heavy atom. The van der Waals surface area contributed by atoms with E-state index in [1.807, 2.05) is 0 Å². The van der Waals surface area contributed by atoms with Gasteiger partial charge in [0.1, 0.15) is 11.2 Å². The Labute approximate surface area is 366 Å². The third-order valence-corrected chi connectivity index (χ3v) is 19.7. The molecule has 9 aliphatic heterocycles. The number of fused-ring (bicyclic) bond motifs is 5.